The maximum Gasteiger partial charge on any atom is 0.241 e. The minimum absolute atomic E-state index is 0.0895. The molecule has 5 nitrogen and oxygen atoms in total. The number of aliphatic imine (C=N–C) groups is 1. The van der Waals surface area contributed by atoms with Crippen LogP contribution in [0.4, 0.5) is 4.39 Å². The van der Waals surface area contributed by atoms with Gasteiger partial charge in [-0.25, -0.2) is 4.39 Å². The molecular weight excluding hydrogens is 307 g/mol. The van der Waals surface area contributed by atoms with Crippen molar-refractivity contribution < 1.29 is 9.18 Å². The van der Waals surface area contributed by atoms with Gasteiger partial charge in [-0.15, -0.1) is 0 Å². The van der Waals surface area contributed by atoms with E-state index >= 15 is 0 Å². The molecule has 0 bridgehead atoms. The molecule has 0 aliphatic carbocycles. The number of carbonyl (C=O) groups excluding carboxylic acids is 1. The molecule has 0 spiro atoms. The summed E-state index contributed by atoms with van der Waals surface area (Å²) in [5, 5.41) is 6.24. The summed E-state index contributed by atoms with van der Waals surface area (Å²) in [6, 6.07) is 5.07. The SMILES string of the molecule is CN=C(NCC(=O)N1CCCCC1)NC(C)c1ccc(C)c(F)c1. The summed E-state index contributed by atoms with van der Waals surface area (Å²) in [5.41, 5.74) is 1.46. The summed E-state index contributed by atoms with van der Waals surface area (Å²) < 4.78 is 13.7. The molecule has 0 saturated carbocycles. The lowest BCUT2D eigenvalue weighted by Gasteiger charge is -2.27. The predicted octanol–water partition coefficient (Wildman–Crippen LogP) is 2.37. The fraction of sp³-hybridized carbons (Fsp3) is 0.556. The lowest BCUT2D eigenvalue weighted by molar-refractivity contribution is -0.130. The molecule has 1 aromatic carbocycles. The molecule has 2 rings (SSSR count). The molecule has 1 fully saturated rings. The van der Waals surface area contributed by atoms with Gasteiger partial charge in [-0.05, 0) is 50.3 Å². The maximum atomic E-state index is 13.7. The molecule has 0 aromatic heterocycles. The number of aryl methyl sites for hydroxylation is 1. The molecule has 24 heavy (non-hydrogen) atoms. The molecule has 6 heteroatoms. The number of halogens is 1. The number of hydrogen-bond acceptors (Lipinski definition) is 2. The van der Waals surface area contributed by atoms with Gasteiger partial charge in [0, 0.05) is 20.1 Å². The molecule has 1 heterocycles. The standard InChI is InChI=1S/C18H27FN4O/c1-13-7-8-15(11-16(13)19)14(2)22-18(20-3)21-12-17(24)23-9-5-4-6-10-23/h7-8,11,14H,4-6,9-10,12H2,1-3H3,(H2,20,21,22). The summed E-state index contributed by atoms with van der Waals surface area (Å²) in [7, 11) is 1.66. The van der Waals surface area contributed by atoms with E-state index in [4.69, 9.17) is 0 Å². The summed E-state index contributed by atoms with van der Waals surface area (Å²) in [6.45, 7) is 5.57. The number of piperidine rings is 1. The highest BCUT2D eigenvalue weighted by atomic mass is 19.1. The van der Waals surface area contributed by atoms with Crippen molar-refractivity contribution in [1.29, 1.82) is 0 Å². The lowest BCUT2D eigenvalue weighted by Crippen LogP contribution is -2.46. The van der Waals surface area contributed by atoms with E-state index in [1.165, 1.54) is 12.5 Å². The van der Waals surface area contributed by atoms with Crippen molar-refractivity contribution >= 4 is 11.9 Å². The highest BCUT2D eigenvalue weighted by Gasteiger charge is 2.17. The number of likely N-dealkylation sites (tertiary alicyclic amines) is 1. The van der Waals surface area contributed by atoms with E-state index in [-0.39, 0.29) is 24.3 Å². The number of rotatable bonds is 4. The number of amides is 1. The van der Waals surface area contributed by atoms with Crippen molar-refractivity contribution in [3.63, 3.8) is 0 Å². The molecule has 1 saturated heterocycles. The van der Waals surface area contributed by atoms with Crippen LogP contribution >= 0.6 is 0 Å². The maximum absolute atomic E-state index is 13.7. The van der Waals surface area contributed by atoms with Gasteiger partial charge in [0.05, 0.1) is 12.6 Å². The molecule has 1 unspecified atom stereocenters. The van der Waals surface area contributed by atoms with Gasteiger partial charge in [0.2, 0.25) is 5.91 Å². The van der Waals surface area contributed by atoms with Gasteiger partial charge in [0.25, 0.3) is 0 Å². The van der Waals surface area contributed by atoms with E-state index in [1.807, 2.05) is 17.9 Å². The van der Waals surface area contributed by atoms with Gasteiger partial charge in [-0.2, -0.15) is 0 Å². The third-order valence-corrected chi connectivity index (χ3v) is 4.39. The summed E-state index contributed by atoms with van der Waals surface area (Å²) in [6.07, 6.45) is 3.36. The average molecular weight is 334 g/mol. The fourth-order valence-corrected chi connectivity index (χ4v) is 2.78. The van der Waals surface area contributed by atoms with Crippen LogP contribution in [0.5, 0.6) is 0 Å². The monoisotopic (exact) mass is 334 g/mol. The number of nitrogens with zero attached hydrogens (tertiary/aromatic N) is 2. The zero-order valence-corrected chi connectivity index (χ0v) is 14.7. The zero-order valence-electron chi connectivity index (χ0n) is 14.7. The average Bonchev–Trinajstić information content (AvgIpc) is 2.61. The van der Waals surface area contributed by atoms with Crippen molar-refractivity contribution in [3.05, 3.63) is 35.1 Å². The van der Waals surface area contributed by atoms with Gasteiger partial charge in [0.15, 0.2) is 5.96 Å². The molecular formula is C18H27FN4O. The summed E-state index contributed by atoms with van der Waals surface area (Å²) in [5.74, 6) is 0.407. The highest BCUT2D eigenvalue weighted by Crippen LogP contribution is 2.16. The molecule has 1 aliphatic rings. The first kappa shape index (κ1) is 18.2. The number of nitrogens with one attached hydrogen (secondary N) is 2. The van der Waals surface area contributed by atoms with Gasteiger partial charge in [-0.3, -0.25) is 9.79 Å². The minimum atomic E-state index is -0.218. The van der Waals surface area contributed by atoms with Crippen LogP contribution in [0.15, 0.2) is 23.2 Å². The van der Waals surface area contributed by atoms with Crippen LogP contribution in [0.2, 0.25) is 0 Å². The van der Waals surface area contributed by atoms with Crippen molar-refractivity contribution in [2.24, 2.45) is 4.99 Å². The second-order valence-corrected chi connectivity index (χ2v) is 6.24. The van der Waals surface area contributed by atoms with E-state index in [0.717, 1.165) is 31.5 Å². The number of carbonyl (C=O) groups is 1. The molecule has 2 N–H and O–H groups in total. The van der Waals surface area contributed by atoms with Crippen LogP contribution in [0.3, 0.4) is 0 Å². The van der Waals surface area contributed by atoms with Crippen LogP contribution in [0.25, 0.3) is 0 Å². The van der Waals surface area contributed by atoms with E-state index in [9.17, 15) is 9.18 Å². The predicted molar refractivity (Wildman–Crippen MR) is 94.5 cm³/mol. The van der Waals surface area contributed by atoms with Gasteiger partial charge in [-0.1, -0.05) is 12.1 Å². The number of hydrogen-bond donors (Lipinski definition) is 2. The Morgan fingerprint density at radius 1 is 1.33 bits per heavy atom. The highest BCUT2D eigenvalue weighted by molar-refractivity contribution is 5.86. The fourth-order valence-electron chi connectivity index (χ4n) is 2.78. The first-order chi connectivity index (χ1) is 11.5. The molecule has 132 valence electrons. The Balaban J connectivity index is 1.87. The second-order valence-electron chi connectivity index (χ2n) is 6.24. The second kappa shape index (κ2) is 8.66. The van der Waals surface area contributed by atoms with Crippen LogP contribution in [-0.4, -0.2) is 43.4 Å². The Kier molecular flexibility index (Phi) is 6.58. The zero-order chi connectivity index (χ0) is 17.5. The first-order valence-corrected chi connectivity index (χ1v) is 8.52. The smallest absolute Gasteiger partial charge is 0.241 e. The third kappa shape index (κ3) is 4.94. The topological polar surface area (TPSA) is 56.7 Å². The lowest BCUT2D eigenvalue weighted by atomic mass is 10.1. The largest absolute Gasteiger partial charge is 0.350 e. The Labute approximate surface area is 143 Å². The first-order valence-electron chi connectivity index (χ1n) is 8.52. The van der Waals surface area contributed by atoms with Crippen LogP contribution in [0.1, 0.15) is 43.4 Å². The van der Waals surface area contributed by atoms with Crippen molar-refractivity contribution in [1.82, 2.24) is 15.5 Å². The molecule has 0 radical (unpaired) electrons. The third-order valence-electron chi connectivity index (χ3n) is 4.39. The van der Waals surface area contributed by atoms with Crippen molar-refractivity contribution in [2.45, 2.75) is 39.2 Å². The Morgan fingerprint density at radius 3 is 2.67 bits per heavy atom. The van der Waals surface area contributed by atoms with Crippen LogP contribution in [-0.2, 0) is 4.79 Å². The van der Waals surface area contributed by atoms with Crippen LogP contribution in [0, 0.1) is 12.7 Å². The molecule has 1 atom stereocenters. The summed E-state index contributed by atoms with van der Waals surface area (Å²) >= 11 is 0. The minimum Gasteiger partial charge on any atom is -0.350 e. The van der Waals surface area contributed by atoms with E-state index in [2.05, 4.69) is 15.6 Å². The number of guanidine groups is 1. The van der Waals surface area contributed by atoms with Gasteiger partial charge < -0.3 is 15.5 Å². The van der Waals surface area contributed by atoms with Gasteiger partial charge in [0.1, 0.15) is 5.82 Å². The Hall–Kier alpha value is -2.11. The Bertz CT molecular complexity index is 597. The number of benzene rings is 1. The van der Waals surface area contributed by atoms with Crippen molar-refractivity contribution in [2.75, 3.05) is 26.7 Å². The molecule has 1 aromatic rings. The van der Waals surface area contributed by atoms with E-state index in [1.54, 1.807) is 20.0 Å². The quantitative estimate of drug-likeness (QED) is 0.656. The molecule has 1 aliphatic heterocycles. The van der Waals surface area contributed by atoms with Crippen LogP contribution < -0.4 is 10.6 Å². The Morgan fingerprint density at radius 2 is 2.04 bits per heavy atom. The summed E-state index contributed by atoms with van der Waals surface area (Å²) in [4.78, 5) is 18.2. The molecule has 1 amide bonds. The normalized spacial score (nSPS) is 16.7. The van der Waals surface area contributed by atoms with E-state index < -0.39 is 0 Å². The van der Waals surface area contributed by atoms with Crippen molar-refractivity contribution in [3.8, 4) is 0 Å². The van der Waals surface area contributed by atoms with E-state index in [0.29, 0.717) is 11.5 Å². The van der Waals surface area contributed by atoms with Gasteiger partial charge >= 0.3 is 0 Å².